The quantitative estimate of drug-likeness (QED) is 0.680. The first-order chi connectivity index (χ1) is 5.75. The number of aliphatic hydroxyl groups is 2. The van der Waals surface area contributed by atoms with E-state index in [-0.39, 0.29) is 18.1 Å². The van der Waals surface area contributed by atoms with Crippen LogP contribution >= 0.6 is 0 Å². The van der Waals surface area contributed by atoms with Gasteiger partial charge in [-0.3, -0.25) is 0 Å². The largest absolute Gasteiger partial charge is 0.393 e. The van der Waals surface area contributed by atoms with Gasteiger partial charge in [-0.15, -0.1) is 0 Å². The van der Waals surface area contributed by atoms with Crippen molar-refractivity contribution < 1.29 is 10.2 Å². The Kier molecular flexibility index (Phi) is 4.02. The molecule has 1 aliphatic rings. The van der Waals surface area contributed by atoms with E-state index in [2.05, 4.69) is 6.92 Å². The van der Waals surface area contributed by atoms with Crippen molar-refractivity contribution in [2.24, 2.45) is 5.92 Å². The highest BCUT2D eigenvalue weighted by Crippen LogP contribution is 2.28. The lowest BCUT2D eigenvalue weighted by Gasteiger charge is -2.31. The van der Waals surface area contributed by atoms with Gasteiger partial charge in [-0.05, 0) is 19.3 Å². The summed E-state index contributed by atoms with van der Waals surface area (Å²) in [5, 5.41) is 19.3. The molecule has 0 amide bonds. The summed E-state index contributed by atoms with van der Waals surface area (Å²) in [5.41, 5.74) is 0. The molecule has 2 heteroatoms. The summed E-state index contributed by atoms with van der Waals surface area (Å²) < 4.78 is 0. The molecule has 0 aromatic heterocycles. The molecule has 72 valence electrons. The maximum Gasteiger partial charge on any atom is 0.0593 e. The van der Waals surface area contributed by atoms with Crippen LogP contribution in [0.15, 0.2) is 0 Å². The number of rotatable bonds is 3. The first kappa shape index (κ1) is 10.0. The summed E-state index contributed by atoms with van der Waals surface area (Å²) in [7, 11) is 0. The summed E-state index contributed by atoms with van der Waals surface area (Å²) in [6.07, 6.45) is 5.49. The van der Waals surface area contributed by atoms with Gasteiger partial charge in [0.25, 0.3) is 0 Å². The molecular formula is C10H20O2. The molecule has 0 radical (unpaired) electrons. The van der Waals surface area contributed by atoms with Crippen LogP contribution in [0.4, 0.5) is 0 Å². The topological polar surface area (TPSA) is 40.5 Å². The molecule has 3 atom stereocenters. The van der Waals surface area contributed by atoms with Gasteiger partial charge in [-0.2, -0.15) is 0 Å². The third kappa shape index (κ3) is 2.46. The molecular weight excluding hydrogens is 152 g/mol. The van der Waals surface area contributed by atoms with Gasteiger partial charge in [0.2, 0.25) is 0 Å². The Morgan fingerprint density at radius 2 is 2.00 bits per heavy atom. The maximum absolute atomic E-state index is 9.68. The Morgan fingerprint density at radius 3 is 2.58 bits per heavy atom. The van der Waals surface area contributed by atoms with Crippen molar-refractivity contribution in [2.45, 2.75) is 57.7 Å². The summed E-state index contributed by atoms with van der Waals surface area (Å²) in [6.45, 7) is 2.07. The van der Waals surface area contributed by atoms with Crippen LogP contribution in [0, 0.1) is 5.92 Å². The highest BCUT2D eigenvalue weighted by atomic mass is 16.3. The average Bonchev–Trinajstić information content (AvgIpc) is 2.05. The van der Waals surface area contributed by atoms with E-state index in [1.54, 1.807) is 0 Å². The van der Waals surface area contributed by atoms with Crippen LogP contribution in [-0.2, 0) is 0 Å². The molecule has 0 spiro atoms. The number of aliphatic hydroxyl groups excluding tert-OH is 2. The van der Waals surface area contributed by atoms with E-state index in [1.165, 1.54) is 6.42 Å². The molecule has 2 N–H and O–H groups in total. The minimum absolute atomic E-state index is 0.152. The predicted octanol–water partition coefficient (Wildman–Crippen LogP) is 1.70. The Labute approximate surface area is 74.6 Å². The third-order valence-electron chi connectivity index (χ3n) is 2.86. The molecule has 0 unspecified atom stereocenters. The zero-order valence-electron chi connectivity index (χ0n) is 7.87. The average molecular weight is 172 g/mol. The number of hydrogen-bond donors (Lipinski definition) is 2. The van der Waals surface area contributed by atoms with Gasteiger partial charge in [0.15, 0.2) is 0 Å². The lowest BCUT2D eigenvalue weighted by Crippen LogP contribution is -2.34. The monoisotopic (exact) mass is 172 g/mol. The molecule has 0 aromatic rings. The van der Waals surface area contributed by atoms with Crippen molar-refractivity contribution in [1.82, 2.24) is 0 Å². The first-order valence-electron chi connectivity index (χ1n) is 5.11. The molecule has 1 fully saturated rings. The Hall–Kier alpha value is -0.0800. The van der Waals surface area contributed by atoms with Gasteiger partial charge in [0.05, 0.1) is 12.2 Å². The molecule has 2 nitrogen and oxygen atoms in total. The van der Waals surface area contributed by atoms with Crippen molar-refractivity contribution in [1.29, 1.82) is 0 Å². The van der Waals surface area contributed by atoms with Gasteiger partial charge in [0.1, 0.15) is 0 Å². The predicted molar refractivity (Wildman–Crippen MR) is 48.9 cm³/mol. The molecule has 0 aliphatic heterocycles. The molecule has 12 heavy (non-hydrogen) atoms. The molecule has 0 bridgehead atoms. The van der Waals surface area contributed by atoms with Crippen LogP contribution < -0.4 is 0 Å². The zero-order valence-corrected chi connectivity index (χ0v) is 7.87. The van der Waals surface area contributed by atoms with E-state index >= 15 is 0 Å². The SMILES string of the molecule is CCC[C@@H](O)[C@@H]1CCCC[C@@H]1O. The molecule has 0 saturated heterocycles. The third-order valence-corrected chi connectivity index (χ3v) is 2.86. The lowest BCUT2D eigenvalue weighted by atomic mass is 9.81. The fourth-order valence-electron chi connectivity index (χ4n) is 2.10. The van der Waals surface area contributed by atoms with Gasteiger partial charge in [-0.25, -0.2) is 0 Å². The maximum atomic E-state index is 9.68. The summed E-state index contributed by atoms with van der Waals surface area (Å²) in [4.78, 5) is 0. The van der Waals surface area contributed by atoms with E-state index in [0.717, 1.165) is 32.1 Å². The van der Waals surface area contributed by atoms with E-state index in [9.17, 15) is 10.2 Å². The summed E-state index contributed by atoms with van der Waals surface area (Å²) in [6, 6.07) is 0. The van der Waals surface area contributed by atoms with E-state index in [0.29, 0.717) is 0 Å². The van der Waals surface area contributed by atoms with Crippen molar-refractivity contribution >= 4 is 0 Å². The fourth-order valence-corrected chi connectivity index (χ4v) is 2.10. The van der Waals surface area contributed by atoms with E-state index in [1.807, 2.05) is 0 Å². The highest BCUT2D eigenvalue weighted by Gasteiger charge is 2.28. The smallest absolute Gasteiger partial charge is 0.0593 e. The summed E-state index contributed by atoms with van der Waals surface area (Å²) in [5.74, 6) is 0.152. The second-order valence-corrected chi connectivity index (χ2v) is 3.87. The molecule has 1 saturated carbocycles. The second-order valence-electron chi connectivity index (χ2n) is 3.87. The minimum Gasteiger partial charge on any atom is -0.393 e. The van der Waals surface area contributed by atoms with Crippen molar-refractivity contribution in [3.63, 3.8) is 0 Å². The molecule has 1 rings (SSSR count). The zero-order chi connectivity index (χ0) is 8.97. The first-order valence-corrected chi connectivity index (χ1v) is 5.11. The van der Waals surface area contributed by atoms with Crippen molar-refractivity contribution in [3.8, 4) is 0 Å². The molecule has 0 aromatic carbocycles. The van der Waals surface area contributed by atoms with Gasteiger partial charge in [0, 0.05) is 5.92 Å². The lowest BCUT2D eigenvalue weighted by molar-refractivity contribution is -0.0156. The van der Waals surface area contributed by atoms with E-state index in [4.69, 9.17) is 0 Å². The molecule has 1 aliphatic carbocycles. The highest BCUT2D eigenvalue weighted by molar-refractivity contribution is 4.79. The van der Waals surface area contributed by atoms with Crippen LogP contribution in [0.25, 0.3) is 0 Å². The summed E-state index contributed by atoms with van der Waals surface area (Å²) >= 11 is 0. The normalized spacial score (nSPS) is 33.2. The van der Waals surface area contributed by atoms with Crippen LogP contribution in [0.2, 0.25) is 0 Å². The Bertz CT molecular complexity index is 125. The van der Waals surface area contributed by atoms with Crippen LogP contribution in [0.3, 0.4) is 0 Å². The Balaban J connectivity index is 2.36. The van der Waals surface area contributed by atoms with Crippen molar-refractivity contribution in [3.05, 3.63) is 0 Å². The second kappa shape index (κ2) is 4.83. The minimum atomic E-state index is -0.273. The fraction of sp³-hybridized carbons (Fsp3) is 1.00. The number of hydrogen-bond acceptors (Lipinski definition) is 2. The molecule has 0 heterocycles. The Morgan fingerprint density at radius 1 is 1.33 bits per heavy atom. The van der Waals surface area contributed by atoms with Gasteiger partial charge >= 0.3 is 0 Å². The van der Waals surface area contributed by atoms with Crippen LogP contribution in [0.5, 0.6) is 0 Å². The van der Waals surface area contributed by atoms with E-state index < -0.39 is 0 Å². The van der Waals surface area contributed by atoms with Gasteiger partial charge < -0.3 is 10.2 Å². The van der Waals surface area contributed by atoms with Crippen molar-refractivity contribution in [2.75, 3.05) is 0 Å². The van der Waals surface area contributed by atoms with Gasteiger partial charge in [-0.1, -0.05) is 26.2 Å². The van der Waals surface area contributed by atoms with Crippen LogP contribution in [-0.4, -0.2) is 22.4 Å². The van der Waals surface area contributed by atoms with Crippen LogP contribution in [0.1, 0.15) is 45.4 Å². The standard InChI is InChI=1S/C10H20O2/c1-2-5-9(11)8-6-3-4-7-10(8)12/h8-12H,2-7H2,1H3/t8-,9+,10-/m0/s1.